The van der Waals surface area contributed by atoms with Crippen molar-refractivity contribution in [3.63, 3.8) is 0 Å². The van der Waals surface area contributed by atoms with Gasteiger partial charge in [0.15, 0.2) is 11.5 Å². The molecule has 1 aromatic rings. The van der Waals surface area contributed by atoms with Gasteiger partial charge in [0, 0.05) is 18.3 Å². The van der Waals surface area contributed by atoms with E-state index in [1.807, 2.05) is 20.8 Å². The van der Waals surface area contributed by atoms with Gasteiger partial charge in [-0.05, 0) is 71.6 Å². The lowest BCUT2D eigenvalue weighted by molar-refractivity contribution is -0.151. The minimum Gasteiger partial charge on any atom is -0.480 e. The number of hydrogen-bond acceptors (Lipinski definition) is 10. The number of rotatable bonds is 15. The molecule has 0 bridgehead atoms. The van der Waals surface area contributed by atoms with Crippen LogP contribution in [-0.2, 0) is 23.8 Å². The summed E-state index contributed by atoms with van der Waals surface area (Å²) in [5.41, 5.74) is 4.84. The van der Waals surface area contributed by atoms with E-state index in [4.69, 9.17) is 29.4 Å². The standard InChI is InChI=1S/C30H47NO10/c1-10-13-14-23(32)37-19(5)18(4)24(25(31)26(33)34)20-15-16-21(38-27(35)40-29(6,7)11-2)22(17-20)39-28(36)41-30(8,9)12-3/h15-19,24-25H,10-14,31H2,1-9H3,(H,33,34)/t18?,19?,24?,25-/m0/s1. The second kappa shape index (κ2) is 15.6. The Balaban J connectivity index is 3.50. The van der Waals surface area contributed by atoms with Crippen LogP contribution in [0.1, 0.15) is 106 Å². The van der Waals surface area contributed by atoms with Crippen molar-refractivity contribution in [1.29, 1.82) is 0 Å². The molecule has 0 heterocycles. The molecule has 0 saturated carbocycles. The highest BCUT2D eigenvalue weighted by Crippen LogP contribution is 2.38. The largest absolute Gasteiger partial charge is 0.514 e. The summed E-state index contributed by atoms with van der Waals surface area (Å²) < 4.78 is 27.1. The molecule has 0 aliphatic carbocycles. The number of unbranched alkanes of at least 4 members (excludes halogenated alkanes) is 1. The Morgan fingerprint density at radius 3 is 1.85 bits per heavy atom. The molecule has 3 unspecified atom stereocenters. The summed E-state index contributed by atoms with van der Waals surface area (Å²) in [4.78, 5) is 49.5. The number of hydrogen-bond donors (Lipinski definition) is 2. The Morgan fingerprint density at radius 1 is 0.878 bits per heavy atom. The monoisotopic (exact) mass is 581 g/mol. The van der Waals surface area contributed by atoms with E-state index in [-0.39, 0.29) is 17.9 Å². The van der Waals surface area contributed by atoms with E-state index in [0.29, 0.717) is 24.8 Å². The molecule has 1 aromatic carbocycles. The molecule has 0 aliphatic rings. The zero-order chi connectivity index (χ0) is 31.5. The first-order valence-electron chi connectivity index (χ1n) is 14.1. The molecule has 0 spiro atoms. The molecule has 1 rings (SSSR count). The van der Waals surface area contributed by atoms with Gasteiger partial charge in [0.1, 0.15) is 23.3 Å². The van der Waals surface area contributed by atoms with E-state index in [0.717, 1.165) is 6.42 Å². The zero-order valence-corrected chi connectivity index (χ0v) is 25.8. The number of benzene rings is 1. The van der Waals surface area contributed by atoms with Gasteiger partial charge in [0.25, 0.3) is 0 Å². The second-order valence-electron chi connectivity index (χ2n) is 11.4. The van der Waals surface area contributed by atoms with Crippen LogP contribution in [0.25, 0.3) is 0 Å². The van der Waals surface area contributed by atoms with Gasteiger partial charge in [0.05, 0.1) is 0 Å². The van der Waals surface area contributed by atoms with Gasteiger partial charge in [-0.3, -0.25) is 9.59 Å². The van der Waals surface area contributed by atoms with E-state index in [2.05, 4.69) is 0 Å². The predicted molar refractivity (Wildman–Crippen MR) is 152 cm³/mol. The Bertz CT molecular complexity index is 1050. The van der Waals surface area contributed by atoms with Crippen molar-refractivity contribution >= 4 is 24.2 Å². The molecule has 11 heteroatoms. The molecule has 4 atom stereocenters. The Labute approximate surface area is 243 Å². The third kappa shape index (κ3) is 11.6. The molecule has 0 aromatic heterocycles. The van der Waals surface area contributed by atoms with Crippen LogP contribution in [-0.4, -0.2) is 52.7 Å². The van der Waals surface area contributed by atoms with Gasteiger partial charge in [-0.25, -0.2) is 9.59 Å². The fourth-order valence-electron chi connectivity index (χ4n) is 3.69. The van der Waals surface area contributed by atoms with E-state index in [1.165, 1.54) is 18.2 Å². The minimum atomic E-state index is -1.40. The normalized spacial score (nSPS) is 14.7. The lowest BCUT2D eigenvalue weighted by Crippen LogP contribution is -2.42. The number of carbonyl (C=O) groups is 4. The summed E-state index contributed by atoms with van der Waals surface area (Å²) in [6, 6.07) is 2.83. The van der Waals surface area contributed by atoms with Crippen molar-refractivity contribution in [1.82, 2.24) is 0 Å². The molecule has 0 radical (unpaired) electrons. The predicted octanol–water partition coefficient (Wildman–Crippen LogP) is 6.35. The molecule has 0 amide bonds. The third-order valence-electron chi connectivity index (χ3n) is 7.19. The Kier molecular flexibility index (Phi) is 13.6. The first-order chi connectivity index (χ1) is 19.0. The summed E-state index contributed by atoms with van der Waals surface area (Å²) >= 11 is 0. The van der Waals surface area contributed by atoms with Crippen LogP contribution in [0.5, 0.6) is 11.5 Å². The highest BCUT2D eigenvalue weighted by molar-refractivity contribution is 5.75. The van der Waals surface area contributed by atoms with Crippen molar-refractivity contribution in [2.75, 3.05) is 0 Å². The topological polar surface area (TPSA) is 161 Å². The maximum absolute atomic E-state index is 12.7. The molecule has 3 N–H and O–H groups in total. The van der Waals surface area contributed by atoms with Crippen molar-refractivity contribution in [3.8, 4) is 11.5 Å². The van der Waals surface area contributed by atoms with Crippen LogP contribution in [0.3, 0.4) is 0 Å². The fraction of sp³-hybridized carbons (Fsp3) is 0.667. The van der Waals surface area contributed by atoms with Crippen LogP contribution in [0.2, 0.25) is 0 Å². The number of esters is 1. The number of aliphatic carboxylic acids is 1. The van der Waals surface area contributed by atoms with Crippen molar-refractivity contribution < 1.29 is 48.0 Å². The lowest BCUT2D eigenvalue weighted by atomic mass is 9.79. The highest BCUT2D eigenvalue weighted by Gasteiger charge is 2.36. The molecule has 232 valence electrons. The number of nitrogens with two attached hydrogens (primary N) is 1. The highest BCUT2D eigenvalue weighted by atomic mass is 16.8. The van der Waals surface area contributed by atoms with Crippen LogP contribution in [0.4, 0.5) is 9.59 Å². The van der Waals surface area contributed by atoms with Gasteiger partial charge < -0.3 is 34.5 Å². The van der Waals surface area contributed by atoms with E-state index >= 15 is 0 Å². The SMILES string of the molecule is CCCCC(=O)OC(C)C(C)C(c1ccc(OC(=O)OC(C)(C)CC)c(OC(=O)OC(C)(C)CC)c1)[C@H](N)C(=O)O. The quantitative estimate of drug-likeness (QED) is 0.135. The summed E-state index contributed by atoms with van der Waals surface area (Å²) in [5, 5.41) is 9.79. The van der Waals surface area contributed by atoms with Gasteiger partial charge in [0.2, 0.25) is 0 Å². The number of carboxylic acids is 1. The van der Waals surface area contributed by atoms with Gasteiger partial charge in [-0.15, -0.1) is 0 Å². The number of carbonyl (C=O) groups excluding carboxylic acids is 3. The van der Waals surface area contributed by atoms with Crippen molar-refractivity contribution in [2.24, 2.45) is 11.7 Å². The summed E-state index contributed by atoms with van der Waals surface area (Å²) in [6.45, 7) is 15.9. The maximum atomic E-state index is 12.7. The molecular formula is C30H47NO10. The Hall–Kier alpha value is -3.34. The molecular weight excluding hydrogens is 534 g/mol. The second-order valence-corrected chi connectivity index (χ2v) is 11.4. The average Bonchev–Trinajstić information content (AvgIpc) is 2.88. The smallest absolute Gasteiger partial charge is 0.480 e. The number of ether oxygens (including phenoxy) is 5. The third-order valence-corrected chi connectivity index (χ3v) is 7.19. The zero-order valence-electron chi connectivity index (χ0n) is 25.8. The minimum absolute atomic E-state index is 0.147. The fourth-order valence-corrected chi connectivity index (χ4v) is 3.69. The molecule has 0 saturated heterocycles. The van der Waals surface area contributed by atoms with Crippen LogP contribution < -0.4 is 15.2 Å². The van der Waals surface area contributed by atoms with Gasteiger partial charge in [-0.1, -0.05) is 40.2 Å². The van der Waals surface area contributed by atoms with Crippen LogP contribution in [0, 0.1) is 5.92 Å². The van der Waals surface area contributed by atoms with E-state index in [9.17, 15) is 24.3 Å². The van der Waals surface area contributed by atoms with E-state index in [1.54, 1.807) is 41.5 Å². The summed E-state index contributed by atoms with van der Waals surface area (Å²) in [5.74, 6) is -3.46. The summed E-state index contributed by atoms with van der Waals surface area (Å²) in [6.07, 6.45) is 0.0174. The lowest BCUT2D eigenvalue weighted by Gasteiger charge is -2.32. The molecule has 0 fully saturated rings. The average molecular weight is 582 g/mol. The first kappa shape index (κ1) is 35.7. The molecule has 41 heavy (non-hydrogen) atoms. The Morgan fingerprint density at radius 2 is 1.39 bits per heavy atom. The van der Waals surface area contributed by atoms with Crippen molar-refractivity contribution in [2.45, 2.75) is 124 Å². The van der Waals surface area contributed by atoms with Gasteiger partial charge >= 0.3 is 24.2 Å². The van der Waals surface area contributed by atoms with E-state index < -0.39 is 59.4 Å². The summed E-state index contributed by atoms with van der Waals surface area (Å²) in [7, 11) is 0. The number of carboxylic acid groups (broad SMARTS) is 1. The van der Waals surface area contributed by atoms with Gasteiger partial charge in [-0.2, -0.15) is 0 Å². The maximum Gasteiger partial charge on any atom is 0.514 e. The van der Waals surface area contributed by atoms with Crippen LogP contribution >= 0.6 is 0 Å². The molecule has 0 aliphatic heterocycles. The first-order valence-corrected chi connectivity index (χ1v) is 14.1. The van der Waals surface area contributed by atoms with Crippen molar-refractivity contribution in [3.05, 3.63) is 23.8 Å². The van der Waals surface area contributed by atoms with Crippen LogP contribution in [0.15, 0.2) is 18.2 Å². The molecule has 11 nitrogen and oxygen atoms in total.